The molecule has 0 spiro atoms. The molecule has 0 saturated carbocycles. The molecule has 0 fully saturated rings. The average Bonchev–Trinajstić information content (AvgIpc) is 3.17. The van der Waals surface area contributed by atoms with Crippen molar-refractivity contribution in [2.24, 2.45) is 0 Å². The Kier molecular flexibility index (Phi) is 5.85. The van der Waals surface area contributed by atoms with Crippen LogP contribution in [0.15, 0.2) is 36.7 Å². The molecule has 0 aliphatic carbocycles. The smallest absolute Gasteiger partial charge is 0.264 e. The van der Waals surface area contributed by atoms with Crippen LogP contribution in [0.3, 0.4) is 0 Å². The highest BCUT2D eigenvalue weighted by Gasteiger charge is 2.30. The maximum absolute atomic E-state index is 12.9. The van der Waals surface area contributed by atoms with Crippen molar-refractivity contribution in [3.8, 4) is 11.4 Å². The van der Waals surface area contributed by atoms with Crippen molar-refractivity contribution >= 4 is 11.6 Å². The molecule has 0 amide bonds. The Morgan fingerprint density at radius 2 is 1.97 bits per heavy atom. The van der Waals surface area contributed by atoms with Crippen LogP contribution in [0, 0.1) is 6.92 Å². The molecule has 3 N–H and O–H groups in total. The van der Waals surface area contributed by atoms with Crippen molar-refractivity contribution in [3.63, 3.8) is 0 Å². The SMILES string of the molecule is Cc1cc(Nc2cc(C(F)F)ccn2)nc(-c2cn([C@H](C)[C@](C)(O)CO)nn2)c1. The number of anilines is 2. The van der Waals surface area contributed by atoms with Crippen LogP contribution in [0.5, 0.6) is 0 Å². The van der Waals surface area contributed by atoms with Gasteiger partial charge >= 0.3 is 0 Å². The number of alkyl halides is 2. The van der Waals surface area contributed by atoms with E-state index in [0.717, 1.165) is 5.56 Å². The molecular weight excluding hydrogens is 382 g/mol. The molecule has 0 aliphatic rings. The van der Waals surface area contributed by atoms with Gasteiger partial charge in [0.25, 0.3) is 6.43 Å². The first-order valence-corrected chi connectivity index (χ1v) is 8.95. The minimum Gasteiger partial charge on any atom is -0.393 e. The summed E-state index contributed by atoms with van der Waals surface area (Å²) < 4.78 is 27.2. The van der Waals surface area contributed by atoms with E-state index < -0.39 is 24.7 Å². The number of aryl methyl sites for hydroxylation is 1. The number of nitrogens with zero attached hydrogens (tertiary/aromatic N) is 5. The molecule has 3 aromatic rings. The maximum Gasteiger partial charge on any atom is 0.264 e. The van der Waals surface area contributed by atoms with Gasteiger partial charge in [0.15, 0.2) is 0 Å². The number of pyridine rings is 2. The van der Waals surface area contributed by atoms with Crippen LogP contribution in [0.4, 0.5) is 20.4 Å². The molecule has 8 nitrogen and oxygen atoms in total. The summed E-state index contributed by atoms with van der Waals surface area (Å²) in [5.41, 5.74) is 0.348. The molecule has 2 atom stereocenters. The van der Waals surface area contributed by atoms with Gasteiger partial charge in [-0.15, -0.1) is 5.10 Å². The zero-order valence-corrected chi connectivity index (χ0v) is 16.2. The van der Waals surface area contributed by atoms with Gasteiger partial charge in [-0.25, -0.2) is 23.4 Å². The van der Waals surface area contributed by atoms with Crippen LogP contribution >= 0.6 is 0 Å². The van der Waals surface area contributed by atoms with Crippen molar-refractivity contribution in [1.29, 1.82) is 0 Å². The Hall–Kier alpha value is -2.98. The summed E-state index contributed by atoms with van der Waals surface area (Å²) in [4.78, 5) is 8.51. The number of aliphatic hydroxyl groups excluding tert-OH is 1. The second-order valence-corrected chi connectivity index (χ2v) is 7.09. The van der Waals surface area contributed by atoms with Gasteiger partial charge in [-0.2, -0.15) is 0 Å². The van der Waals surface area contributed by atoms with Gasteiger partial charge in [-0.1, -0.05) is 5.21 Å². The second kappa shape index (κ2) is 8.18. The molecule has 0 aliphatic heterocycles. The predicted molar refractivity (Wildman–Crippen MR) is 103 cm³/mol. The third kappa shape index (κ3) is 4.72. The molecule has 3 heterocycles. The first-order valence-electron chi connectivity index (χ1n) is 8.95. The van der Waals surface area contributed by atoms with Crippen molar-refractivity contribution in [2.45, 2.75) is 38.8 Å². The van der Waals surface area contributed by atoms with E-state index >= 15 is 0 Å². The molecule has 3 aromatic heterocycles. The topological polar surface area (TPSA) is 109 Å². The monoisotopic (exact) mass is 404 g/mol. The second-order valence-electron chi connectivity index (χ2n) is 7.09. The normalized spacial score (nSPS) is 14.6. The third-order valence-corrected chi connectivity index (χ3v) is 4.65. The first kappa shape index (κ1) is 20.7. The Balaban J connectivity index is 1.87. The van der Waals surface area contributed by atoms with Gasteiger partial charge in [-0.05, 0) is 50.6 Å². The molecular formula is C19H22F2N6O2. The van der Waals surface area contributed by atoms with Crippen LogP contribution in [0.25, 0.3) is 11.4 Å². The summed E-state index contributed by atoms with van der Waals surface area (Å²) in [6.07, 6.45) is 0.337. The molecule has 0 saturated heterocycles. The summed E-state index contributed by atoms with van der Waals surface area (Å²) in [5, 5.41) is 30.6. The van der Waals surface area contributed by atoms with Crippen molar-refractivity contribution < 1.29 is 19.0 Å². The molecule has 0 bridgehead atoms. The summed E-state index contributed by atoms with van der Waals surface area (Å²) in [6, 6.07) is 5.56. The lowest BCUT2D eigenvalue weighted by atomic mass is 9.99. The van der Waals surface area contributed by atoms with Crippen LogP contribution in [-0.2, 0) is 0 Å². The van der Waals surface area contributed by atoms with Gasteiger partial charge in [0.05, 0.1) is 24.5 Å². The molecule has 3 rings (SSSR count). The number of hydrogen-bond donors (Lipinski definition) is 3. The van der Waals surface area contributed by atoms with Crippen LogP contribution < -0.4 is 5.32 Å². The minimum absolute atomic E-state index is 0.136. The number of aromatic nitrogens is 5. The zero-order chi connectivity index (χ0) is 21.2. The number of aliphatic hydroxyl groups is 2. The van der Waals surface area contributed by atoms with E-state index in [1.165, 1.54) is 29.9 Å². The first-order chi connectivity index (χ1) is 13.7. The van der Waals surface area contributed by atoms with Crippen LogP contribution in [-0.4, -0.2) is 47.4 Å². The van der Waals surface area contributed by atoms with Gasteiger partial charge in [-0.3, -0.25) is 0 Å². The van der Waals surface area contributed by atoms with E-state index in [4.69, 9.17) is 0 Å². The van der Waals surface area contributed by atoms with Crippen molar-refractivity contribution in [1.82, 2.24) is 25.0 Å². The maximum atomic E-state index is 12.9. The fourth-order valence-electron chi connectivity index (χ4n) is 2.65. The summed E-state index contributed by atoms with van der Waals surface area (Å²) in [5.74, 6) is 0.673. The Bertz CT molecular complexity index is 992. The number of halogens is 2. The largest absolute Gasteiger partial charge is 0.393 e. The molecule has 0 unspecified atom stereocenters. The summed E-state index contributed by atoms with van der Waals surface area (Å²) in [7, 11) is 0. The van der Waals surface area contributed by atoms with E-state index in [1.54, 1.807) is 25.3 Å². The van der Waals surface area contributed by atoms with E-state index in [9.17, 15) is 19.0 Å². The van der Waals surface area contributed by atoms with E-state index in [1.807, 2.05) is 6.92 Å². The quantitative estimate of drug-likeness (QED) is 0.555. The van der Waals surface area contributed by atoms with Crippen molar-refractivity contribution in [2.75, 3.05) is 11.9 Å². The number of hydrogen-bond acceptors (Lipinski definition) is 7. The number of nitrogens with one attached hydrogen (secondary N) is 1. The van der Waals surface area contributed by atoms with Crippen LogP contribution in [0.2, 0.25) is 0 Å². The predicted octanol–water partition coefficient (Wildman–Crippen LogP) is 3.03. The standard InChI is InChI=1S/C19H22F2N6O2/c1-11-6-14(15-9-27(26-25-15)12(2)19(3,29)10-28)23-17(7-11)24-16-8-13(18(20)21)4-5-22-16/h4-9,12,18,28-29H,10H2,1-3H3,(H,22,23,24)/t12-,19-/m1/s1. The lowest BCUT2D eigenvalue weighted by molar-refractivity contribution is -0.0393. The van der Waals surface area contributed by atoms with Gasteiger partial charge in [0, 0.05) is 11.8 Å². The highest BCUT2D eigenvalue weighted by atomic mass is 19.3. The third-order valence-electron chi connectivity index (χ3n) is 4.65. The highest BCUT2D eigenvalue weighted by molar-refractivity contribution is 5.61. The Morgan fingerprint density at radius 1 is 1.21 bits per heavy atom. The lowest BCUT2D eigenvalue weighted by Gasteiger charge is -2.27. The summed E-state index contributed by atoms with van der Waals surface area (Å²) in [6.45, 7) is 4.66. The Labute approximate surface area is 166 Å². The molecule has 29 heavy (non-hydrogen) atoms. The van der Waals surface area contributed by atoms with Crippen molar-refractivity contribution in [3.05, 3.63) is 47.8 Å². The zero-order valence-electron chi connectivity index (χ0n) is 16.2. The van der Waals surface area contributed by atoms with E-state index in [0.29, 0.717) is 17.2 Å². The Morgan fingerprint density at radius 3 is 2.66 bits per heavy atom. The van der Waals surface area contributed by atoms with Gasteiger partial charge < -0.3 is 15.5 Å². The van der Waals surface area contributed by atoms with Gasteiger partial charge in [0.2, 0.25) is 0 Å². The number of rotatable bonds is 7. The molecule has 154 valence electrons. The minimum atomic E-state index is -2.59. The van der Waals surface area contributed by atoms with Gasteiger partial charge in [0.1, 0.15) is 22.9 Å². The summed E-state index contributed by atoms with van der Waals surface area (Å²) >= 11 is 0. The highest BCUT2D eigenvalue weighted by Crippen LogP contribution is 2.26. The molecule has 0 radical (unpaired) electrons. The molecule has 0 aromatic carbocycles. The lowest BCUT2D eigenvalue weighted by Crippen LogP contribution is -2.38. The fourth-order valence-corrected chi connectivity index (χ4v) is 2.65. The van der Waals surface area contributed by atoms with Crippen LogP contribution in [0.1, 0.15) is 37.4 Å². The average molecular weight is 404 g/mol. The van der Waals surface area contributed by atoms with E-state index in [-0.39, 0.29) is 11.4 Å². The molecule has 10 heteroatoms. The fraction of sp³-hybridized carbons (Fsp3) is 0.368. The van der Waals surface area contributed by atoms with E-state index in [2.05, 4.69) is 25.6 Å².